The number of sulfonamides is 1. The molecule has 0 atom stereocenters. The standard InChI is InChI=1S/C14H18N4O3S.ClH/c1-22(19,20)18-11-6-4-10(5-7-11)12-16-13(17-21-12)14(15)8-2-3-9-14;/h4-7,18H,2-3,8-9,15H2,1H3;1H. The molecule has 0 unspecified atom stereocenters. The molecule has 1 aliphatic carbocycles. The van der Waals surface area contributed by atoms with Crippen molar-refractivity contribution in [1.82, 2.24) is 10.1 Å². The monoisotopic (exact) mass is 358 g/mol. The molecule has 0 aliphatic heterocycles. The lowest BCUT2D eigenvalue weighted by Gasteiger charge is -2.17. The first kappa shape index (κ1) is 17.7. The highest BCUT2D eigenvalue weighted by Crippen LogP contribution is 2.35. The summed E-state index contributed by atoms with van der Waals surface area (Å²) in [6.45, 7) is 0. The summed E-state index contributed by atoms with van der Waals surface area (Å²) in [5.74, 6) is 0.927. The Hall–Kier alpha value is -1.64. The molecule has 1 fully saturated rings. The van der Waals surface area contributed by atoms with Crippen molar-refractivity contribution in [2.45, 2.75) is 31.2 Å². The topological polar surface area (TPSA) is 111 Å². The molecule has 9 heteroatoms. The first-order chi connectivity index (χ1) is 10.4. The average molecular weight is 359 g/mol. The molecule has 7 nitrogen and oxygen atoms in total. The molecule has 23 heavy (non-hydrogen) atoms. The molecular weight excluding hydrogens is 340 g/mol. The second kappa shape index (κ2) is 6.46. The van der Waals surface area contributed by atoms with E-state index in [-0.39, 0.29) is 12.4 Å². The van der Waals surface area contributed by atoms with Crippen molar-refractivity contribution in [3.05, 3.63) is 30.1 Å². The minimum atomic E-state index is -3.29. The Balaban J connectivity index is 0.00000192. The Bertz CT molecular complexity index is 768. The molecule has 2 aromatic rings. The molecule has 0 radical (unpaired) electrons. The van der Waals surface area contributed by atoms with Crippen LogP contribution in [0.1, 0.15) is 31.5 Å². The minimum absolute atomic E-state index is 0. The van der Waals surface area contributed by atoms with Crippen LogP contribution >= 0.6 is 12.4 Å². The van der Waals surface area contributed by atoms with Gasteiger partial charge in [-0.15, -0.1) is 12.4 Å². The van der Waals surface area contributed by atoms with Crippen molar-refractivity contribution in [3.8, 4) is 11.5 Å². The van der Waals surface area contributed by atoms with Gasteiger partial charge < -0.3 is 10.3 Å². The summed E-state index contributed by atoms with van der Waals surface area (Å²) in [6.07, 6.45) is 4.98. The van der Waals surface area contributed by atoms with Crippen LogP contribution in [0.2, 0.25) is 0 Å². The number of nitrogens with two attached hydrogens (primary N) is 1. The van der Waals surface area contributed by atoms with Crippen LogP contribution in [-0.2, 0) is 15.6 Å². The van der Waals surface area contributed by atoms with Crippen molar-refractivity contribution < 1.29 is 12.9 Å². The third kappa shape index (κ3) is 4.01. The van der Waals surface area contributed by atoms with E-state index in [4.69, 9.17) is 10.3 Å². The van der Waals surface area contributed by atoms with Gasteiger partial charge in [0.25, 0.3) is 5.89 Å². The summed E-state index contributed by atoms with van der Waals surface area (Å²) in [5.41, 5.74) is 7.02. The minimum Gasteiger partial charge on any atom is -0.334 e. The first-order valence-corrected chi connectivity index (χ1v) is 8.96. The molecule has 3 rings (SSSR count). The quantitative estimate of drug-likeness (QED) is 0.867. The number of anilines is 1. The second-order valence-electron chi connectivity index (χ2n) is 5.74. The van der Waals surface area contributed by atoms with Crippen molar-refractivity contribution >= 4 is 28.1 Å². The van der Waals surface area contributed by atoms with Gasteiger partial charge in [0, 0.05) is 11.3 Å². The number of nitrogens with zero attached hydrogens (tertiary/aromatic N) is 2. The smallest absolute Gasteiger partial charge is 0.257 e. The highest BCUT2D eigenvalue weighted by Gasteiger charge is 2.36. The van der Waals surface area contributed by atoms with Crippen LogP contribution in [0.15, 0.2) is 28.8 Å². The fraction of sp³-hybridized carbons (Fsp3) is 0.429. The molecular formula is C14H19ClN4O3S. The van der Waals surface area contributed by atoms with E-state index in [1.807, 2.05) is 0 Å². The molecule has 1 aromatic carbocycles. The zero-order valence-corrected chi connectivity index (χ0v) is 14.3. The van der Waals surface area contributed by atoms with E-state index in [9.17, 15) is 8.42 Å². The number of hydrogen-bond donors (Lipinski definition) is 2. The van der Waals surface area contributed by atoms with E-state index in [1.54, 1.807) is 24.3 Å². The van der Waals surface area contributed by atoms with E-state index >= 15 is 0 Å². The van der Waals surface area contributed by atoms with Gasteiger partial charge in [-0.1, -0.05) is 18.0 Å². The molecule has 1 aromatic heterocycles. The van der Waals surface area contributed by atoms with E-state index < -0.39 is 15.6 Å². The van der Waals surface area contributed by atoms with Gasteiger partial charge in [0.1, 0.15) is 0 Å². The zero-order valence-electron chi connectivity index (χ0n) is 12.7. The molecule has 3 N–H and O–H groups in total. The Kier molecular flexibility index (Phi) is 4.98. The van der Waals surface area contributed by atoms with Gasteiger partial charge in [0.15, 0.2) is 5.82 Å². The third-order valence-corrected chi connectivity index (χ3v) is 4.41. The van der Waals surface area contributed by atoms with Gasteiger partial charge in [-0.05, 0) is 37.1 Å². The average Bonchev–Trinajstić information content (AvgIpc) is 3.07. The zero-order chi connectivity index (χ0) is 15.8. The van der Waals surface area contributed by atoms with Crippen LogP contribution in [0.4, 0.5) is 5.69 Å². The number of hydrogen-bond acceptors (Lipinski definition) is 6. The maximum absolute atomic E-state index is 11.2. The van der Waals surface area contributed by atoms with Crippen molar-refractivity contribution in [2.24, 2.45) is 5.73 Å². The summed E-state index contributed by atoms with van der Waals surface area (Å²) in [7, 11) is -3.29. The number of aromatic nitrogens is 2. The first-order valence-electron chi connectivity index (χ1n) is 7.07. The molecule has 1 aliphatic rings. The highest BCUT2D eigenvalue weighted by atomic mass is 35.5. The predicted octanol–water partition coefficient (Wildman–Crippen LogP) is 2.26. The van der Waals surface area contributed by atoms with Gasteiger partial charge in [0.2, 0.25) is 10.0 Å². The van der Waals surface area contributed by atoms with Gasteiger partial charge >= 0.3 is 0 Å². The van der Waals surface area contributed by atoms with E-state index in [1.165, 1.54) is 0 Å². The van der Waals surface area contributed by atoms with E-state index in [0.29, 0.717) is 17.4 Å². The molecule has 0 bridgehead atoms. The fourth-order valence-electron chi connectivity index (χ4n) is 2.67. The fourth-order valence-corrected chi connectivity index (χ4v) is 3.23. The summed E-state index contributed by atoms with van der Waals surface area (Å²) < 4.78 is 30.0. The van der Waals surface area contributed by atoms with Crippen LogP contribution in [0.25, 0.3) is 11.5 Å². The Morgan fingerprint density at radius 1 is 1.22 bits per heavy atom. The second-order valence-corrected chi connectivity index (χ2v) is 7.49. The maximum Gasteiger partial charge on any atom is 0.257 e. The van der Waals surface area contributed by atoms with E-state index in [0.717, 1.165) is 37.5 Å². The largest absolute Gasteiger partial charge is 0.334 e. The lowest BCUT2D eigenvalue weighted by molar-refractivity contribution is 0.372. The Morgan fingerprint density at radius 3 is 2.39 bits per heavy atom. The molecule has 1 heterocycles. The highest BCUT2D eigenvalue weighted by molar-refractivity contribution is 7.92. The van der Waals surface area contributed by atoms with Gasteiger partial charge in [0.05, 0.1) is 11.8 Å². The summed E-state index contributed by atoms with van der Waals surface area (Å²) in [4.78, 5) is 4.40. The van der Waals surface area contributed by atoms with Gasteiger partial charge in [-0.2, -0.15) is 4.98 Å². The number of benzene rings is 1. The van der Waals surface area contributed by atoms with Crippen molar-refractivity contribution in [3.63, 3.8) is 0 Å². The molecule has 1 saturated carbocycles. The van der Waals surface area contributed by atoms with Crippen molar-refractivity contribution in [2.75, 3.05) is 11.0 Å². The maximum atomic E-state index is 11.2. The number of nitrogens with one attached hydrogen (secondary N) is 1. The van der Waals surface area contributed by atoms with Gasteiger partial charge in [-0.3, -0.25) is 4.72 Å². The normalized spacial score (nSPS) is 16.8. The SMILES string of the molecule is CS(=O)(=O)Nc1ccc(-c2nc(C3(N)CCCC3)no2)cc1.Cl. The third-order valence-electron chi connectivity index (χ3n) is 3.80. The molecule has 0 spiro atoms. The summed E-state index contributed by atoms with van der Waals surface area (Å²) in [5, 5.41) is 4.01. The lowest BCUT2D eigenvalue weighted by atomic mass is 9.99. The summed E-state index contributed by atoms with van der Waals surface area (Å²) >= 11 is 0. The van der Waals surface area contributed by atoms with Gasteiger partial charge in [-0.25, -0.2) is 8.42 Å². The van der Waals surface area contributed by atoms with Crippen LogP contribution in [0.5, 0.6) is 0 Å². The number of halogens is 1. The van der Waals surface area contributed by atoms with Crippen LogP contribution in [0, 0.1) is 0 Å². The predicted molar refractivity (Wildman–Crippen MR) is 89.8 cm³/mol. The molecule has 0 saturated heterocycles. The lowest BCUT2D eigenvalue weighted by Crippen LogP contribution is -2.34. The number of rotatable bonds is 4. The van der Waals surface area contributed by atoms with Crippen LogP contribution < -0.4 is 10.5 Å². The van der Waals surface area contributed by atoms with Crippen LogP contribution in [-0.4, -0.2) is 24.8 Å². The van der Waals surface area contributed by atoms with E-state index in [2.05, 4.69) is 14.9 Å². The Morgan fingerprint density at radius 2 is 1.83 bits per heavy atom. The van der Waals surface area contributed by atoms with Crippen LogP contribution in [0.3, 0.4) is 0 Å². The summed E-state index contributed by atoms with van der Waals surface area (Å²) in [6, 6.07) is 6.74. The van der Waals surface area contributed by atoms with Crippen molar-refractivity contribution in [1.29, 1.82) is 0 Å². The Labute approximate surface area is 141 Å². The molecule has 126 valence electrons. The molecule has 0 amide bonds.